The van der Waals surface area contributed by atoms with Crippen LogP contribution in [0.1, 0.15) is 25.7 Å². The number of halogens is 1. The molecule has 2 fully saturated rings. The lowest BCUT2D eigenvalue weighted by molar-refractivity contribution is 0.134. The Morgan fingerprint density at radius 2 is 2.15 bits per heavy atom. The molecule has 13 heavy (non-hydrogen) atoms. The van der Waals surface area contributed by atoms with Crippen LogP contribution in [0.5, 0.6) is 0 Å². The molecule has 1 saturated carbocycles. The minimum Gasteiger partial charge on any atom is -0.443 e. The van der Waals surface area contributed by atoms with Gasteiger partial charge < -0.3 is 9.64 Å². The fourth-order valence-corrected chi connectivity index (χ4v) is 2.47. The maximum Gasteiger partial charge on any atom is 0.410 e. The summed E-state index contributed by atoms with van der Waals surface area (Å²) in [6.07, 6.45) is 4.78. The van der Waals surface area contributed by atoms with Crippen molar-refractivity contribution in [1.82, 2.24) is 4.90 Å². The Kier molecular flexibility index (Phi) is 2.77. The van der Waals surface area contributed by atoms with Crippen molar-refractivity contribution in [3.05, 3.63) is 0 Å². The number of ether oxygens (including phenoxy) is 1. The first-order valence-electron chi connectivity index (χ1n) is 4.84. The van der Waals surface area contributed by atoms with Gasteiger partial charge in [0.15, 0.2) is 0 Å². The van der Waals surface area contributed by atoms with Crippen LogP contribution in [0.4, 0.5) is 4.79 Å². The van der Waals surface area contributed by atoms with Crippen molar-refractivity contribution in [1.29, 1.82) is 0 Å². The van der Waals surface area contributed by atoms with Crippen molar-refractivity contribution in [2.75, 3.05) is 11.9 Å². The summed E-state index contributed by atoms with van der Waals surface area (Å²) in [4.78, 5) is 13.3. The van der Waals surface area contributed by atoms with Crippen LogP contribution in [-0.4, -0.2) is 35.0 Å². The minimum absolute atomic E-state index is 0.0631. The maximum atomic E-state index is 11.4. The summed E-state index contributed by atoms with van der Waals surface area (Å²) in [7, 11) is 0. The van der Waals surface area contributed by atoms with Crippen LogP contribution in [0.2, 0.25) is 0 Å². The number of nitrogens with zero attached hydrogens (tertiary/aromatic N) is 1. The highest BCUT2D eigenvalue weighted by Crippen LogP contribution is 2.27. The first-order valence-corrected chi connectivity index (χ1v) is 5.96. The van der Waals surface area contributed by atoms with Crippen molar-refractivity contribution < 1.29 is 9.53 Å². The third kappa shape index (κ3) is 1.82. The van der Waals surface area contributed by atoms with Gasteiger partial charge in [0, 0.05) is 11.4 Å². The first-order chi connectivity index (χ1) is 6.31. The van der Waals surface area contributed by atoms with Gasteiger partial charge in [-0.3, -0.25) is 0 Å². The summed E-state index contributed by atoms with van der Waals surface area (Å²) in [6.45, 7) is 0.773. The molecule has 0 N–H and O–H groups in total. The number of hydrogen-bond donors (Lipinski definition) is 0. The molecule has 0 aromatic heterocycles. The number of alkyl halides is 1. The third-order valence-corrected chi connectivity index (χ3v) is 3.56. The van der Waals surface area contributed by atoms with E-state index in [1.807, 2.05) is 4.90 Å². The highest BCUT2D eigenvalue weighted by atomic mass is 79.9. The quantitative estimate of drug-likeness (QED) is 0.701. The number of carbonyl (C=O) groups excluding carboxylic acids is 1. The Hall–Kier alpha value is -0.250. The Labute approximate surface area is 86.5 Å². The molecule has 2 aliphatic rings. The van der Waals surface area contributed by atoms with Gasteiger partial charge in [-0.15, -0.1) is 0 Å². The molecular weight excluding hydrogens is 234 g/mol. The van der Waals surface area contributed by atoms with Gasteiger partial charge in [-0.05, 0) is 12.8 Å². The average molecular weight is 248 g/mol. The minimum atomic E-state index is -0.114. The molecule has 2 rings (SSSR count). The molecule has 3 nitrogen and oxygen atoms in total. The van der Waals surface area contributed by atoms with Gasteiger partial charge in [0.05, 0.1) is 6.54 Å². The lowest BCUT2D eigenvalue weighted by Gasteiger charge is -2.20. The molecule has 1 atom stereocenters. The maximum absolute atomic E-state index is 11.4. The number of rotatable bonds is 2. The smallest absolute Gasteiger partial charge is 0.410 e. The van der Waals surface area contributed by atoms with E-state index in [0.717, 1.165) is 24.7 Å². The van der Waals surface area contributed by atoms with Gasteiger partial charge in [0.1, 0.15) is 6.10 Å². The molecule has 0 aromatic carbocycles. The number of cyclic esters (lactones) is 1. The molecular formula is C9H14BrNO2. The Morgan fingerprint density at radius 3 is 2.69 bits per heavy atom. The van der Waals surface area contributed by atoms with Crippen LogP contribution < -0.4 is 0 Å². The zero-order valence-electron chi connectivity index (χ0n) is 7.54. The molecule has 1 saturated heterocycles. The van der Waals surface area contributed by atoms with Crippen molar-refractivity contribution in [3.8, 4) is 0 Å². The second-order valence-electron chi connectivity index (χ2n) is 3.75. The van der Waals surface area contributed by atoms with Crippen molar-refractivity contribution in [2.24, 2.45) is 0 Å². The van der Waals surface area contributed by atoms with E-state index in [0.29, 0.717) is 6.04 Å². The number of amides is 1. The van der Waals surface area contributed by atoms with E-state index in [9.17, 15) is 4.79 Å². The van der Waals surface area contributed by atoms with Gasteiger partial charge in [0.2, 0.25) is 0 Å². The molecule has 1 amide bonds. The van der Waals surface area contributed by atoms with Gasteiger partial charge in [-0.1, -0.05) is 28.8 Å². The number of carbonyl (C=O) groups is 1. The van der Waals surface area contributed by atoms with Crippen LogP contribution in [0.15, 0.2) is 0 Å². The predicted molar refractivity (Wildman–Crippen MR) is 53.0 cm³/mol. The van der Waals surface area contributed by atoms with E-state index < -0.39 is 0 Å². The zero-order valence-corrected chi connectivity index (χ0v) is 9.13. The van der Waals surface area contributed by atoms with Gasteiger partial charge >= 0.3 is 6.09 Å². The summed E-state index contributed by atoms with van der Waals surface area (Å²) in [5.74, 6) is 0. The summed E-state index contributed by atoms with van der Waals surface area (Å²) in [6, 6.07) is 0.455. The van der Waals surface area contributed by atoms with Crippen molar-refractivity contribution >= 4 is 22.0 Å². The highest BCUT2D eigenvalue weighted by Gasteiger charge is 2.36. The summed E-state index contributed by atoms with van der Waals surface area (Å²) in [5.41, 5.74) is 0. The molecule has 74 valence electrons. The van der Waals surface area contributed by atoms with E-state index in [1.165, 1.54) is 12.8 Å². The highest BCUT2D eigenvalue weighted by molar-refractivity contribution is 9.09. The van der Waals surface area contributed by atoms with Crippen LogP contribution in [0.25, 0.3) is 0 Å². The molecule has 1 unspecified atom stereocenters. The van der Waals surface area contributed by atoms with Gasteiger partial charge in [0.25, 0.3) is 0 Å². The molecule has 1 aliphatic carbocycles. The third-order valence-electron chi connectivity index (χ3n) is 2.84. The first kappa shape index (κ1) is 9.31. The summed E-state index contributed by atoms with van der Waals surface area (Å²) < 4.78 is 5.18. The Bertz CT molecular complexity index is 204. The monoisotopic (exact) mass is 247 g/mol. The molecule has 1 heterocycles. The molecule has 0 aromatic rings. The fourth-order valence-electron chi connectivity index (χ4n) is 2.14. The zero-order chi connectivity index (χ0) is 9.26. The normalized spacial score (nSPS) is 29.8. The Morgan fingerprint density at radius 1 is 1.46 bits per heavy atom. The summed E-state index contributed by atoms with van der Waals surface area (Å²) in [5, 5.41) is 0.752. The molecule has 0 radical (unpaired) electrons. The van der Waals surface area contributed by atoms with Crippen molar-refractivity contribution in [3.63, 3.8) is 0 Å². The lowest BCUT2D eigenvalue weighted by atomic mass is 10.2. The van der Waals surface area contributed by atoms with Crippen LogP contribution in [-0.2, 0) is 4.74 Å². The second kappa shape index (κ2) is 3.86. The topological polar surface area (TPSA) is 29.5 Å². The van der Waals surface area contributed by atoms with Gasteiger partial charge in [-0.2, -0.15) is 0 Å². The molecule has 1 aliphatic heterocycles. The van der Waals surface area contributed by atoms with E-state index >= 15 is 0 Å². The van der Waals surface area contributed by atoms with E-state index in [4.69, 9.17) is 4.74 Å². The SMILES string of the molecule is O=C1OC(CBr)CN1C1CCCC1. The van der Waals surface area contributed by atoms with E-state index in [2.05, 4.69) is 15.9 Å². The standard InChI is InChI=1S/C9H14BrNO2/c10-5-8-6-11(9(12)13-8)7-3-1-2-4-7/h7-8H,1-6H2. The lowest BCUT2D eigenvalue weighted by Crippen LogP contribution is -2.34. The molecule has 4 heteroatoms. The van der Waals surface area contributed by atoms with E-state index in [-0.39, 0.29) is 12.2 Å². The molecule has 0 bridgehead atoms. The molecule has 0 spiro atoms. The fraction of sp³-hybridized carbons (Fsp3) is 0.889. The largest absolute Gasteiger partial charge is 0.443 e. The summed E-state index contributed by atoms with van der Waals surface area (Å²) >= 11 is 3.34. The number of hydrogen-bond acceptors (Lipinski definition) is 2. The van der Waals surface area contributed by atoms with Crippen molar-refractivity contribution in [2.45, 2.75) is 37.8 Å². The average Bonchev–Trinajstić information content (AvgIpc) is 2.72. The Balaban J connectivity index is 1.95. The van der Waals surface area contributed by atoms with Gasteiger partial charge in [-0.25, -0.2) is 4.79 Å². The van der Waals surface area contributed by atoms with E-state index in [1.54, 1.807) is 0 Å². The van der Waals surface area contributed by atoms with Crippen LogP contribution >= 0.6 is 15.9 Å². The van der Waals surface area contributed by atoms with Crippen LogP contribution in [0, 0.1) is 0 Å². The predicted octanol–water partition coefficient (Wildman–Crippen LogP) is 2.14. The second-order valence-corrected chi connectivity index (χ2v) is 4.40. The van der Waals surface area contributed by atoms with Crippen LogP contribution in [0.3, 0.4) is 0 Å².